The summed E-state index contributed by atoms with van der Waals surface area (Å²) in [4.78, 5) is 13.8. The highest BCUT2D eigenvalue weighted by atomic mass is 35.5. The van der Waals surface area contributed by atoms with E-state index in [0.717, 1.165) is 0 Å². The van der Waals surface area contributed by atoms with E-state index in [1.165, 1.54) is 12.1 Å². The Morgan fingerprint density at radius 3 is 2.60 bits per heavy atom. The largest absolute Gasteiger partial charge is 0.365 e. The van der Waals surface area contributed by atoms with Crippen molar-refractivity contribution in [2.24, 2.45) is 0 Å². The maximum absolute atomic E-state index is 10.5. The molecule has 0 spiro atoms. The van der Waals surface area contributed by atoms with Gasteiger partial charge in [-0.3, -0.25) is 10.1 Å². The highest BCUT2D eigenvalue weighted by Crippen LogP contribution is 2.23. The Hall–Kier alpha value is -1.36. The van der Waals surface area contributed by atoms with Gasteiger partial charge in [0, 0.05) is 12.6 Å². The van der Waals surface area contributed by atoms with E-state index in [0.29, 0.717) is 6.54 Å². The van der Waals surface area contributed by atoms with Gasteiger partial charge in [0.15, 0.2) is 0 Å². The molecule has 0 aliphatic heterocycles. The SMILES string of the molecule is CC.CCNc1nc(Cl)ccc1[N+](=O)[O-]. The lowest BCUT2D eigenvalue weighted by atomic mass is 10.4. The number of hydrogen-bond acceptors (Lipinski definition) is 4. The molecule has 1 heterocycles. The Kier molecular flexibility index (Phi) is 6.37. The van der Waals surface area contributed by atoms with Gasteiger partial charge in [-0.1, -0.05) is 25.4 Å². The number of rotatable bonds is 3. The lowest BCUT2D eigenvalue weighted by Gasteiger charge is -2.02. The second-order valence-corrected chi connectivity index (χ2v) is 2.68. The lowest BCUT2D eigenvalue weighted by Crippen LogP contribution is -2.03. The van der Waals surface area contributed by atoms with Gasteiger partial charge in [0.2, 0.25) is 5.82 Å². The first-order chi connectivity index (χ1) is 7.15. The van der Waals surface area contributed by atoms with Crippen molar-refractivity contribution in [3.63, 3.8) is 0 Å². The Morgan fingerprint density at radius 2 is 2.13 bits per heavy atom. The van der Waals surface area contributed by atoms with Crippen LogP contribution in [0.5, 0.6) is 0 Å². The summed E-state index contributed by atoms with van der Waals surface area (Å²) in [7, 11) is 0. The Labute approximate surface area is 93.6 Å². The van der Waals surface area contributed by atoms with E-state index in [1.807, 2.05) is 20.8 Å². The smallest absolute Gasteiger partial charge is 0.311 e. The summed E-state index contributed by atoms with van der Waals surface area (Å²) >= 11 is 5.58. The van der Waals surface area contributed by atoms with Gasteiger partial charge in [-0.2, -0.15) is 0 Å². The average Bonchev–Trinajstić information content (AvgIpc) is 2.21. The van der Waals surface area contributed by atoms with Crippen LogP contribution in [0.15, 0.2) is 12.1 Å². The summed E-state index contributed by atoms with van der Waals surface area (Å²) < 4.78 is 0. The normalized spacial score (nSPS) is 8.80. The van der Waals surface area contributed by atoms with Crippen molar-refractivity contribution in [2.75, 3.05) is 11.9 Å². The molecule has 84 valence electrons. The van der Waals surface area contributed by atoms with Crippen LogP contribution in [0.2, 0.25) is 5.15 Å². The van der Waals surface area contributed by atoms with E-state index < -0.39 is 4.92 Å². The van der Waals surface area contributed by atoms with Crippen molar-refractivity contribution in [1.29, 1.82) is 0 Å². The molecule has 0 fully saturated rings. The zero-order valence-corrected chi connectivity index (χ0v) is 9.71. The van der Waals surface area contributed by atoms with Crippen LogP contribution in [0.3, 0.4) is 0 Å². The van der Waals surface area contributed by atoms with Crippen molar-refractivity contribution >= 4 is 23.1 Å². The Morgan fingerprint density at radius 1 is 1.53 bits per heavy atom. The van der Waals surface area contributed by atoms with Crippen molar-refractivity contribution in [3.8, 4) is 0 Å². The topological polar surface area (TPSA) is 68.1 Å². The standard InChI is InChI=1S/C7H8ClN3O2.C2H6/c1-2-9-7-5(11(12)13)3-4-6(8)10-7;1-2/h3-4H,2H2,1H3,(H,9,10);1-2H3. The van der Waals surface area contributed by atoms with Crippen LogP contribution in [0.1, 0.15) is 20.8 Å². The zero-order chi connectivity index (χ0) is 11.8. The number of aromatic nitrogens is 1. The fourth-order valence-corrected chi connectivity index (χ4v) is 1.02. The molecular formula is C9H14ClN3O2. The van der Waals surface area contributed by atoms with Gasteiger partial charge in [-0.05, 0) is 13.0 Å². The van der Waals surface area contributed by atoms with Crippen LogP contribution >= 0.6 is 11.6 Å². The molecule has 0 unspecified atom stereocenters. The first-order valence-corrected chi connectivity index (χ1v) is 5.07. The molecule has 0 saturated heterocycles. The first kappa shape index (κ1) is 13.6. The summed E-state index contributed by atoms with van der Waals surface area (Å²) in [5, 5.41) is 13.5. The molecule has 0 amide bonds. The van der Waals surface area contributed by atoms with E-state index >= 15 is 0 Å². The zero-order valence-electron chi connectivity index (χ0n) is 8.95. The number of pyridine rings is 1. The summed E-state index contributed by atoms with van der Waals surface area (Å²) in [6, 6.07) is 2.72. The number of nitrogens with one attached hydrogen (secondary N) is 1. The monoisotopic (exact) mass is 231 g/mol. The van der Waals surface area contributed by atoms with Gasteiger partial charge in [-0.15, -0.1) is 0 Å². The molecule has 1 N–H and O–H groups in total. The van der Waals surface area contributed by atoms with Gasteiger partial charge in [0.1, 0.15) is 5.15 Å². The fraction of sp³-hybridized carbons (Fsp3) is 0.444. The predicted octanol–water partition coefficient (Wildman–Crippen LogP) is 3.10. The molecule has 15 heavy (non-hydrogen) atoms. The number of nitrogens with zero attached hydrogens (tertiary/aromatic N) is 2. The molecule has 5 nitrogen and oxygen atoms in total. The molecule has 1 aromatic heterocycles. The lowest BCUT2D eigenvalue weighted by molar-refractivity contribution is -0.384. The highest BCUT2D eigenvalue weighted by Gasteiger charge is 2.14. The minimum Gasteiger partial charge on any atom is -0.365 e. The van der Waals surface area contributed by atoms with E-state index in [2.05, 4.69) is 10.3 Å². The van der Waals surface area contributed by atoms with E-state index in [-0.39, 0.29) is 16.7 Å². The van der Waals surface area contributed by atoms with Crippen LogP contribution in [0.25, 0.3) is 0 Å². The van der Waals surface area contributed by atoms with Crippen LogP contribution < -0.4 is 5.32 Å². The summed E-state index contributed by atoms with van der Waals surface area (Å²) in [6.07, 6.45) is 0. The first-order valence-electron chi connectivity index (χ1n) is 4.70. The molecule has 1 rings (SSSR count). The second kappa shape index (κ2) is 7.00. The van der Waals surface area contributed by atoms with Gasteiger partial charge >= 0.3 is 5.69 Å². The molecule has 0 saturated carbocycles. The summed E-state index contributed by atoms with van der Waals surface area (Å²) in [5.41, 5.74) is -0.0637. The number of halogens is 1. The van der Waals surface area contributed by atoms with Crippen molar-refractivity contribution in [1.82, 2.24) is 4.98 Å². The molecule has 0 atom stereocenters. The molecule has 0 aromatic carbocycles. The number of hydrogen-bond donors (Lipinski definition) is 1. The van der Waals surface area contributed by atoms with Crippen molar-refractivity contribution in [3.05, 3.63) is 27.4 Å². The third-order valence-electron chi connectivity index (χ3n) is 1.38. The molecule has 0 radical (unpaired) electrons. The van der Waals surface area contributed by atoms with Crippen LogP contribution in [-0.4, -0.2) is 16.5 Å². The summed E-state index contributed by atoms with van der Waals surface area (Å²) in [6.45, 7) is 6.39. The Balaban J connectivity index is 0.000000921. The minimum absolute atomic E-state index is 0.0637. The maximum Gasteiger partial charge on any atom is 0.311 e. The minimum atomic E-state index is -0.499. The second-order valence-electron chi connectivity index (χ2n) is 2.29. The predicted molar refractivity (Wildman–Crippen MR) is 61.4 cm³/mol. The van der Waals surface area contributed by atoms with Gasteiger partial charge in [-0.25, -0.2) is 4.98 Å². The molecule has 0 aliphatic rings. The highest BCUT2D eigenvalue weighted by molar-refractivity contribution is 6.29. The quantitative estimate of drug-likeness (QED) is 0.493. The Bertz CT molecular complexity index is 331. The van der Waals surface area contributed by atoms with Crippen molar-refractivity contribution < 1.29 is 4.92 Å². The van der Waals surface area contributed by atoms with Crippen LogP contribution in [0.4, 0.5) is 11.5 Å². The summed E-state index contributed by atoms with van der Waals surface area (Å²) in [5.74, 6) is 0.208. The van der Waals surface area contributed by atoms with E-state index in [1.54, 1.807) is 0 Å². The van der Waals surface area contributed by atoms with E-state index in [9.17, 15) is 10.1 Å². The third kappa shape index (κ3) is 4.12. The third-order valence-corrected chi connectivity index (χ3v) is 1.59. The van der Waals surface area contributed by atoms with Gasteiger partial charge in [0.25, 0.3) is 0 Å². The van der Waals surface area contributed by atoms with Gasteiger partial charge < -0.3 is 5.32 Å². The molecular weight excluding hydrogens is 218 g/mol. The average molecular weight is 232 g/mol. The molecule has 0 bridgehead atoms. The molecule has 0 aliphatic carbocycles. The number of anilines is 1. The van der Waals surface area contributed by atoms with Gasteiger partial charge in [0.05, 0.1) is 4.92 Å². The molecule has 6 heteroatoms. The van der Waals surface area contributed by atoms with Crippen LogP contribution in [-0.2, 0) is 0 Å². The maximum atomic E-state index is 10.5. The van der Waals surface area contributed by atoms with E-state index in [4.69, 9.17) is 11.6 Å². The number of nitro groups is 1. The fourth-order valence-electron chi connectivity index (χ4n) is 0.873. The van der Waals surface area contributed by atoms with Crippen LogP contribution in [0, 0.1) is 10.1 Å². The van der Waals surface area contributed by atoms with Crippen molar-refractivity contribution in [2.45, 2.75) is 20.8 Å². The molecule has 1 aromatic rings.